The molecule has 0 radical (unpaired) electrons. The van der Waals surface area contributed by atoms with E-state index in [0.717, 1.165) is 38.2 Å². The van der Waals surface area contributed by atoms with E-state index in [0.29, 0.717) is 12.4 Å². The summed E-state index contributed by atoms with van der Waals surface area (Å²) in [6, 6.07) is 0.167. The van der Waals surface area contributed by atoms with Gasteiger partial charge in [-0.05, 0) is 33.6 Å². The number of amides is 1. The Hall–Kier alpha value is -1.63. The minimum Gasteiger partial charge on any atom is -0.444 e. The van der Waals surface area contributed by atoms with Gasteiger partial charge in [0.25, 0.3) is 0 Å². The Balaban J connectivity index is 1.72. The first kappa shape index (κ1) is 16.7. The number of nitrogens with zero attached hydrogens (tertiary/aromatic N) is 3. The van der Waals surface area contributed by atoms with Gasteiger partial charge in [0.1, 0.15) is 5.60 Å². The lowest BCUT2D eigenvalue weighted by Crippen LogP contribution is -2.45. The lowest BCUT2D eigenvalue weighted by molar-refractivity contribution is 0.0475. The zero-order valence-electron chi connectivity index (χ0n) is 13.9. The number of aryl methyl sites for hydroxylation is 1. The van der Waals surface area contributed by atoms with Gasteiger partial charge in [0.15, 0.2) is 5.82 Å². The van der Waals surface area contributed by atoms with E-state index >= 15 is 0 Å². The summed E-state index contributed by atoms with van der Waals surface area (Å²) < 4.78 is 10.5. The van der Waals surface area contributed by atoms with E-state index < -0.39 is 5.60 Å². The highest BCUT2D eigenvalue weighted by atomic mass is 16.6. The lowest BCUT2D eigenvalue weighted by atomic mass is 10.1. The van der Waals surface area contributed by atoms with E-state index in [-0.39, 0.29) is 12.1 Å². The van der Waals surface area contributed by atoms with Crippen molar-refractivity contribution >= 4 is 6.09 Å². The molecule has 0 atom stereocenters. The molecule has 0 aliphatic carbocycles. The molecule has 0 saturated carbocycles. The summed E-state index contributed by atoms with van der Waals surface area (Å²) in [4.78, 5) is 18.3. The summed E-state index contributed by atoms with van der Waals surface area (Å²) in [5, 5.41) is 6.84. The fourth-order valence-corrected chi connectivity index (χ4v) is 2.40. The standard InChI is InChI=1S/C15H26N4O3/c1-5-12-17-13(22-18-12)10-19-8-6-11(7-9-19)16-14(20)21-15(2,3)4/h11H,5-10H2,1-4H3,(H,16,20). The average molecular weight is 310 g/mol. The number of nitrogens with one attached hydrogen (secondary N) is 1. The Labute approximate surface area is 131 Å². The Kier molecular flexibility index (Phi) is 5.39. The molecule has 0 unspecified atom stereocenters. The van der Waals surface area contributed by atoms with Crippen LogP contribution >= 0.6 is 0 Å². The molecule has 1 aromatic rings. The van der Waals surface area contributed by atoms with Gasteiger partial charge in [-0.15, -0.1) is 0 Å². The highest BCUT2D eigenvalue weighted by Crippen LogP contribution is 2.14. The molecule has 1 aliphatic heterocycles. The molecular weight excluding hydrogens is 284 g/mol. The zero-order chi connectivity index (χ0) is 16.2. The van der Waals surface area contributed by atoms with Crippen LogP contribution in [0.3, 0.4) is 0 Å². The van der Waals surface area contributed by atoms with Gasteiger partial charge >= 0.3 is 6.09 Å². The molecule has 7 nitrogen and oxygen atoms in total. The van der Waals surface area contributed by atoms with Crippen LogP contribution in [0.1, 0.15) is 52.3 Å². The summed E-state index contributed by atoms with van der Waals surface area (Å²) in [5.41, 5.74) is -0.459. The van der Waals surface area contributed by atoms with Crippen LogP contribution in [0.5, 0.6) is 0 Å². The average Bonchev–Trinajstić information content (AvgIpc) is 2.86. The number of ether oxygens (including phenoxy) is 1. The van der Waals surface area contributed by atoms with E-state index in [2.05, 4.69) is 20.4 Å². The van der Waals surface area contributed by atoms with Crippen molar-refractivity contribution in [2.24, 2.45) is 0 Å². The van der Waals surface area contributed by atoms with Crippen LogP contribution < -0.4 is 5.32 Å². The minimum absolute atomic E-state index is 0.167. The number of alkyl carbamates (subject to hydrolysis) is 1. The summed E-state index contributed by atoms with van der Waals surface area (Å²) >= 11 is 0. The fraction of sp³-hybridized carbons (Fsp3) is 0.800. The first-order valence-electron chi connectivity index (χ1n) is 7.89. The Morgan fingerprint density at radius 1 is 1.41 bits per heavy atom. The number of carbonyl (C=O) groups excluding carboxylic acids is 1. The zero-order valence-corrected chi connectivity index (χ0v) is 13.9. The topological polar surface area (TPSA) is 80.5 Å². The Morgan fingerprint density at radius 3 is 2.64 bits per heavy atom. The van der Waals surface area contributed by atoms with Gasteiger partial charge < -0.3 is 14.6 Å². The first-order valence-corrected chi connectivity index (χ1v) is 7.89. The number of piperidine rings is 1. The van der Waals surface area contributed by atoms with E-state index in [4.69, 9.17) is 9.26 Å². The number of rotatable bonds is 4. The van der Waals surface area contributed by atoms with Gasteiger partial charge in [0.2, 0.25) is 5.89 Å². The molecule has 2 rings (SSSR count). The Bertz CT molecular complexity index is 487. The molecule has 2 heterocycles. The quantitative estimate of drug-likeness (QED) is 0.917. The molecule has 22 heavy (non-hydrogen) atoms. The van der Waals surface area contributed by atoms with E-state index in [1.54, 1.807) is 0 Å². The third-order valence-corrected chi connectivity index (χ3v) is 3.49. The largest absolute Gasteiger partial charge is 0.444 e. The maximum absolute atomic E-state index is 11.8. The third-order valence-electron chi connectivity index (χ3n) is 3.49. The van der Waals surface area contributed by atoms with Crippen molar-refractivity contribution in [2.45, 2.75) is 65.1 Å². The smallest absolute Gasteiger partial charge is 0.407 e. The monoisotopic (exact) mass is 310 g/mol. The summed E-state index contributed by atoms with van der Waals surface area (Å²) in [6.45, 7) is 10.1. The predicted octanol–water partition coefficient (Wildman–Crippen LogP) is 2.12. The van der Waals surface area contributed by atoms with Gasteiger partial charge in [-0.2, -0.15) is 4.98 Å². The van der Waals surface area contributed by atoms with Crippen LogP contribution in [-0.2, 0) is 17.7 Å². The molecule has 0 aromatic carbocycles. The summed E-state index contributed by atoms with van der Waals surface area (Å²) in [6.07, 6.45) is 2.24. The molecule has 7 heteroatoms. The predicted molar refractivity (Wildman–Crippen MR) is 81.3 cm³/mol. The molecule has 0 bridgehead atoms. The SMILES string of the molecule is CCc1noc(CN2CCC(NC(=O)OC(C)(C)C)CC2)n1. The van der Waals surface area contributed by atoms with Gasteiger partial charge in [0, 0.05) is 25.6 Å². The van der Waals surface area contributed by atoms with Crippen LogP contribution in [0.2, 0.25) is 0 Å². The molecular formula is C15H26N4O3. The van der Waals surface area contributed by atoms with Crippen molar-refractivity contribution in [2.75, 3.05) is 13.1 Å². The summed E-state index contributed by atoms with van der Waals surface area (Å²) in [7, 11) is 0. The van der Waals surface area contributed by atoms with Crippen LogP contribution in [0, 0.1) is 0 Å². The van der Waals surface area contributed by atoms with E-state index in [1.807, 2.05) is 27.7 Å². The van der Waals surface area contributed by atoms with Crippen LogP contribution in [0.4, 0.5) is 4.79 Å². The second-order valence-electron chi connectivity index (χ2n) is 6.65. The van der Waals surface area contributed by atoms with Crippen molar-refractivity contribution in [1.82, 2.24) is 20.4 Å². The molecule has 1 aromatic heterocycles. The van der Waals surface area contributed by atoms with Gasteiger partial charge in [-0.3, -0.25) is 4.90 Å². The second kappa shape index (κ2) is 7.09. The molecule has 1 fully saturated rings. The maximum Gasteiger partial charge on any atom is 0.407 e. The number of aromatic nitrogens is 2. The highest BCUT2D eigenvalue weighted by molar-refractivity contribution is 5.68. The van der Waals surface area contributed by atoms with Gasteiger partial charge in [-0.25, -0.2) is 4.79 Å². The molecule has 1 amide bonds. The van der Waals surface area contributed by atoms with Gasteiger partial charge in [-0.1, -0.05) is 12.1 Å². The van der Waals surface area contributed by atoms with Crippen molar-refractivity contribution in [3.63, 3.8) is 0 Å². The first-order chi connectivity index (χ1) is 10.4. The molecule has 124 valence electrons. The van der Waals surface area contributed by atoms with E-state index in [9.17, 15) is 4.79 Å². The van der Waals surface area contributed by atoms with Crippen LogP contribution in [-0.4, -0.2) is 45.9 Å². The third kappa shape index (κ3) is 5.29. The van der Waals surface area contributed by atoms with Gasteiger partial charge in [0.05, 0.1) is 6.54 Å². The highest BCUT2D eigenvalue weighted by Gasteiger charge is 2.24. The summed E-state index contributed by atoms with van der Waals surface area (Å²) in [5.74, 6) is 1.41. The fourth-order valence-electron chi connectivity index (χ4n) is 2.40. The molecule has 1 aliphatic rings. The van der Waals surface area contributed by atoms with Crippen molar-refractivity contribution < 1.29 is 14.1 Å². The van der Waals surface area contributed by atoms with Crippen molar-refractivity contribution in [3.05, 3.63) is 11.7 Å². The van der Waals surface area contributed by atoms with Crippen LogP contribution in [0.15, 0.2) is 4.52 Å². The lowest BCUT2D eigenvalue weighted by Gasteiger charge is -2.31. The second-order valence-corrected chi connectivity index (χ2v) is 6.65. The van der Waals surface area contributed by atoms with Crippen molar-refractivity contribution in [1.29, 1.82) is 0 Å². The molecule has 1 N–H and O–H groups in total. The maximum atomic E-state index is 11.8. The number of hydrogen-bond donors (Lipinski definition) is 1. The van der Waals surface area contributed by atoms with E-state index in [1.165, 1.54) is 0 Å². The molecule has 1 saturated heterocycles. The number of hydrogen-bond acceptors (Lipinski definition) is 6. The minimum atomic E-state index is -0.459. The van der Waals surface area contributed by atoms with Crippen LogP contribution in [0.25, 0.3) is 0 Å². The Morgan fingerprint density at radius 2 is 2.09 bits per heavy atom. The van der Waals surface area contributed by atoms with Crippen molar-refractivity contribution in [3.8, 4) is 0 Å². The molecule has 0 spiro atoms. The number of likely N-dealkylation sites (tertiary alicyclic amines) is 1. The number of carbonyl (C=O) groups is 1. The normalized spacial score (nSPS) is 17.5.